The van der Waals surface area contributed by atoms with E-state index in [4.69, 9.17) is 9.72 Å². The zero-order valence-electron chi connectivity index (χ0n) is 17.8. The highest BCUT2D eigenvalue weighted by Gasteiger charge is 2.30. The summed E-state index contributed by atoms with van der Waals surface area (Å²) in [6.07, 6.45) is -2.96. The average Bonchev–Trinajstić information content (AvgIpc) is 3.18. The summed E-state index contributed by atoms with van der Waals surface area (Å²) in [6, 6.07) is 12.8. The summed E-state index contributed by atoms with van der Waals surface area (Å²) in [5.41, 5.74) is 1.90. The van der Waals surface area contributed by atoms with Crippen LogP contribution in [0.1, 0.15) is 31.0 Å². The molecule has 2 aromatic carbocycles. The minimum absolute atomic E-state index is 0.0725. The van der Waals surface area contributed by atoms with Crippen LogP contribution in [0.25, 0.3) is 22.6 Å². The lowest BCUT2D eigenvalue weighted by Crippen LogP contribution is -2.08. The first-order valence-corrected chi connectivity index (χ1v) is 10.1. The van der Waals surface area contributed by atoms with Crippen LogP contribution in [0.15, 0.2) is 54.9 Å². The van der Waals surface area contributed by atoms with Gasteiger partial charge in [0.15, 0.2) is 17.0 Å². The Morgan fingerprint density at radius 3 is 2.47 bits per heavy atom. The fourth-order valence-electron chi connectivity index (χ4n) is 3.51. The van der Waals surface area contributed by atoms with E-state index in [-0.39, 0.29) is 12.6 Å². The van der Waals surface area contributed by atoms with E-state index in [9.17, 15) is 13.2 Å². The van der Waals surface area contributed by atoms with Crippen LogP contribution < -0.4 is 10.1 Å². The molecule has 0 unspecified atom stereocenters. The largest absolute Gasteiger partial charge is 0.497 e. The monoisotopic (exact) mass is 441 g/mol. The van der Waals surface area contributed by atoms with Crippen molar-refractivity contribution in [2.75, 3.05) is 12.4 Å². The molecule has 4 aromatic rings. The molecule has 0 amide bonds. The lowest BCUT2D eigenvalue weighted by atomic mass is 10.1. The van der Waals surface area contributed by atoms with Gasteiger partial charge < -0.3 is 14.6 Å². The zero-order valence-corrected chi connectivity index (χ0v) is 17.8. The van der Waals surface area contributed by atoms with Gasteiger partial charge in [-0.2, -0.15) is 13.2 Å². The first kappa shape index (κ1) is 21.6. The molecule has 0 aliphatic heterocycles. The van der Waals surface area contributed by atoms with Crippen LogP contribution in [0.5, 0.6) is 5.75 Å². The number of aromatic nitrogens is 4. The number of anilines is 1. The van der Waals surface area contributed by atoms with E-state index in [1.54, 1.807) is 13.2 Å². The van der Waals surface area contributed by atoms with Gasteiger partial charge in [0.05, 0.1) is 12.7 Å². The third-order valence-electron chi connectivity index (χ3n) is 5.06. The van der Waals surface area contributed by atoms with Crippen LogP contribution in [-0.4, -0.2) is 26.6 Å². The lowest BCUT2D eigenvalue weighted by Gasteiger charge is -2.13. The van der Waals surface area contributed by atoms with Gasteiger partial charge in [0.2, 0.25) is 0 Å². The average molecular weight is 441 g/mol. The molecule has 2 heterocycles. The van der Waals surface area contributed by atoms with Crippen molar-refractivity contribution >= 4 is 17.0 Å². The number of rotatable bonds is 6. The standard InChI is InChI=1S/C23H22F3N5O/c1-14(2)31-21(16-7-9-18(32-3)10-8-16)30-19-20(28-13-29-22(19)31)27-12-15-5-4-6-17(11-15)23(24,25)26/h4-11,13-14H,12H2,1-3H3,(H,27,28,29). The number of nitrogens with zero attached hydrogens (tertiary/aromatic N) is 4. The molecule has 0 radical (unpaired) electrons. The summed E-state index contributed by atoms with van der Waals surface area (Å²) in [7, 11) is 1.61. The predicted molar refractivity (Wildman–Crippen MR) is 116 cm³/mol. The first-order valence-electron chi connectivity index (χ1n) is 10.1. The molecule has 0 atom stereocenters. The third kappa shape index (κ3) is 4.23. The summed E-state index contributed by atoms with van der Waals surface area (Å²) >= 11 is 0. The number of alkyl halides is 3. The van der Waals surface area contributed by atoms with E-state index in [1.807, 2.05) is 42.7 Å². The van der Waals surface area contributed by atoms with Crippen molar-refractivity contribution in [1.82, 2.24) is 19.5 Å². The number of benzene rings is 2. The van der Waals surface area contributed by atoms with Crippen LogP contribution >= 0.6 is 0 Å². The van der Waals surface area contributed by atoms with Crippen LogP contribution in [-0.2, 0) is 12.7 Å². The van der Waals surface area contributed by atoms with Crippen molar-refractivity contribution < 1.29 is 17.9 Å². The van der Waals surface area contributed by atoms with Crippen LogP contribution in [0.2, 0.25) is 0 Å². The summed E-state index contributed by atoms with van der Waals surface area (Å²) in [5.74, 6) is 1.92. The van der Waals surface area contributed by atoms with Gasteiger partial charge in [-0.3, -0.25) is 0 Å². The fraction of sp³-hybridized carbons (Fsp3) is 0.261. The van der Waals surface area contributed by atoms with Gasteiger partial charge in [-0.15, -0.1) is 0 Å². The molecule has 2 aromatic heterocycles. The topological polar surface area (TPSA) is 64.9 Å². The van der Waals surface area contributed by atoms with Gasteiger partial charge in [-0.25, -0.2) is 15.0 Å². The summed E-state index contributed by atoms with van der Waals surface area (Å²) in [4.78, 5) is 13.5. The number of methoxy groups -OCH3 is 1. The second-order valence-electron chi connectivity index (χ2n) is 7.57. The Balaban J connectivity index is 1.70. The smallest absolute Gasteiger partial charge is 0.416 e. The summed E-state index contributed by atoms with van der Waals surface area (Å²) < 4.78 is 46.3. The number of ether oxygens (including phenoxy) is 1. The minimum Gasteiger partial charge on any atom is -0.497 e. The second-order valence-corrected chi connectivity index (χ2v) is 7.57. The summed E-state index contributed by atoms with van der Waals surface area (Å²) in [6.45, 7) is 4.24. The van der Waals surface area contributed by atoms with Crippen molar-refractivity contribution in [3.63, 3.8) is 0 Å². The SMILES string of the molecule is COc1ccc(-c2nc3c(NCc4cccc(C(F)(F)F)c4)ncnc3n2C(C)C)cc1. The summed E-state index contributed by atoms with van der Waals surface area (Å²) in [5, 5.41) is 3.12. The van der Waals surface area contributed by atoms with Crippen molar-refractivity contribution in [2.24, 2.45) is 0 Å². The maximum Gasteiger partial charge on any atom is 0.416 e. The van der Waals surface area contributed by atoms with Crippen molar-refractivity contribution in [3.05, 3.63) is 66.0 Å². The molecule has 0 aliphatic carbocycles. The maximum atomic E-state index is 13.0. The Labute approximate surface area is 183 Å². The van der Waals surface area contributed by atoms with Gasteiger partial charge in [0.25, 0.3) is 0 Å². The number of halogens is 3. The fourth-order valence-corrected chi connectivity index (χ4v) is 3.51. The van der Waals surface area contributed by atoms with Crippen molar-refractivity contribution in [2.45, 2.75) is 32.6 Å². The molecular formula is C23H22F3N5O. The molecule has 0 aliphatic rings. The number of hydrogen-bond acceptors (Lipinski definition) is 5. The molecule has 0 saturated heterocycles. The second kappa shape index (κ2) is 8.49. The van der Waals surface area contributed by atoms with Gasteiger partial charge in [0.1, 0.15) is 17.9 Å². The van der Waals surface area contributed by atoms with E-state index in [1.165, 1.54) is 12.4 Å². The molecule has 32 heavy (non-hydrogen) atoms. The Bertz CT molecular complexity index is 1230. The Kier molecular flexibility index (Phi) is 5.73. The zero-order chi connectivity index (χ0) is 22.9. The lowest BCUT2D eigenvalue weighted by molar-refractivity contribution is -0.137. The van der Waals surface area contributed by atoms with Gasteiger partial charge in [0, 0.05) is 18.2 Å². The van der Waals surface area contributed by atoms with Crippen LogP contribution in [0.3, 0.4) is 0 Å². The molecular weight excluding hydrogens is 419 g/mol. The first-order chi connectivity index (χ1) is 15.3. The Hall–Kier alpha value is -3.62. The third-order valence-corrected chi connectivity index (χ3v) is 5.06. The van der Waals surface area contributed by atoms with Crippen LogP contribution in [0.4, 0.5) is 19.0 Å². The van der Waals surface area contributed by atoms with E-state index in [0.29, 0.717) is 22.5 Å². The number of hydrogen-bond donors (Lipinski definition) is 1. The highest BCUT2D eigenvalue weighted by atomic mass is 19.4. The predicted octanol–water partition coefficient (Wildman–Crippen LogP) is 5.71. The highest BCUT2D eigenvalue weighted by Crippen LogP contribution is 2.32. The quantitative estimate of drug-likeness (QED) is 0.415. The number of fused-ring (bicyclic) bond motifs is 1. The molecule has 9 heteroatoms. The van der Waals surface area contributed by atoms with Gasteiger partial charge >= 0.3 is 6.18 Å². The molecule has 166 valence electrons. The molecule has 6 nitrogen and oxygen atoms in total. The Morgan fingerprint density at radius 1 is 1.06 bits per heavy atom. The van der Waals surface area contributed by atoms with Crippen LogP contribution in [0, 0.1) is 0 Å². The van der Waals surface area contributed by atoms with Gasteiger partial charge in [-0.1, -0.05) is 12.1 Å². The molecule has 1 N–H and O–H groups in total. The molecule has 0 spiro atoms. The van der Waals surface area contributed by atoms with Crippen molar-refractivity contribution in [1.29, 1.82) is 0 Å². The van der Waals surface area contributed by atoms with Crippen molar-refractivity contribution in [3.8, 4) is 17.1 Å². The van der Waals surface area contributed by atoms with Gasteiger partial charge in [-0.05, 0) is 55.8 Å². The molecule has 4 rings (SSSR count). The molecule has 0 bridgehead atoms. The minimum atomic E-state index is -4.39. The molecule has 0 fully saturated rings. The number of imidazole rings is 1. The Morgan fingerprint density at radius 2 is 1.81 bits per heavy atom. The number of nitrogens with one attached hydrogen (secondary N) is 1. The maximum absolute atomic E-state index is 13.0. The van der Waals surface area contributed by atoms with E-state index in [2.05, 4.69) is 15.3 Å². The van der Waals surface area contributed by atoms with E-state index < -0.39 is 11.7 Å². The molecule has 0 saturated carbocycles. The van der Waals surface area contributed by atoms with E-state index >= 15 is 0 Å². The highest BCUT2D eigenvalue weighted by molar-refractivity contribution is 5.86. The van der Waals surface area contributed by atoms with E-state index in [0.717, 1.165) is 29.3 Å². The normalized spacial score (nSPS) is 11.8.